The van der Waals surface area contributed by atoms with Gasteiger partial charge in [0, 0.05) is 37.9 Å². The highest BCUT2D eigenvalue weighted by Gasteiger charge is 2.18. The molecule has 1 fully saturated rings. The molecule has 2 N–H and O–H groups in total. The molecule has 1 aliphatic heterocycles. The number of piperazine rings is 1. The summed E-state index contributed by atoms with van der Waals surface area (Å²) in [5.41, 5.74) is 5.35. The molecule has 1 saturated heterocycles. The summed E-state index contributed by atoms with van der Waals surface area (Å²) in [5.74, 6) is 0.966. The Morgan fingerprint density at radius 1 is 0.975 bits per heavy atom. The molecule has 0 saturated carbocycles. The second-order valence-corrected chi connectivity index (χ2v) is 9.49. The van der Waals surface area contributed by atoms with Crippen LogP contribution in [-0.4, -0.2) is 53.8 Å². The van der Waals surface area contributed by atoms with Crippen molar-refractivity contribution < 1.29 is 14.3 Å². The molecule has 0 spiro atoms. The second kappa shape index (κ2) is 11.5. The molecular weight excluding hydrogens is 504 g/mol. The van der Waals surface area contributed by atoms with Gasteiger partial charge in [0.15, 0.2) is 17.1 Å². The third kappa shape index (κ3) is 5.32. The molecule has 0 radical (unpaired) electrons. The summed E-state index contributed by atoms with van der Waals surface area (Å²) in [4.78, 5) is 20.3. The Hall–Kier alpha value is -4.89. The Morgan fingerprint density at radius 3 is 2.60 bits per heavy atom. The average molecular weight is 535 g/mol. The van der Waals surface area contributed by atoms with Crippen molar-refractivity contribution in [3.8, 4) is 22.6 Å². The molecule has 9 nitrogen and oxygen atoms in total. The minimum atomic E-state index is -0.278. The number of anilines is 2. The fourth-order valence-corrected chi connectivity index (χ4v) is 4.84. The maximum Gasteiger partial charge on any atom is 0.274 e. The maximum atomic E-state index is 13.3. The summed E-state index contributed by atoms with van der Waals surface area (Å²) in [6.45, 7) is 4.03. The van der Waals surface area contributed by atoms with Gasteiger partial charge in [-0.2, -0.15) is 5.10 Å². The summed E-state index contributed by atoms with van der Waals surface area (Å²) in [7, 11) is 1.61. The highest BCUT2D eigenvalue weighted by atomic mass is 16.5. The summed E-state index contributed by atoms with van der Waals surface area (Å²) in [6, 6.07) is 25.2. The van der Waals surface area contributed by atoms with Crippen molar-refractivity contribution in [3.63, 3.8) is 0 Å². The number of carbonyl (C=O) groups is 1. The predicted molar refractivity (Wildman–Crippen MR) is 155 cm³/mol. The number of rotatable bonds is 8. The van der Waals surface area contributed by atoms with Crippen molar-refractivity contribution in [1.82, 2.24) is 19.9 Å². The van der Waals surface area contributed by atoms with E-state index in [1.54, 1.807) is 30.1 Å². The first-order valence-electron chi connectivity index (χ1n) is 13.2. The largest absolute Gasteiger partial charge is 0.493 e. The number of carbonyl (C=O) groups excluding carboxylic acids is 1. The van der Waals surface area contributed by atoms with Crippen LogP contribution >= 0.6 is 0 Å². The number of benzene rings is 3. The second-order valence-electron chi connectivity index (χ2n) is 9.49. The van der Waals surface area contributed by atoms with Crippen LogP contribution in [0.5, 0.6) is 11.5 Å². The Labute approximate surface area is 232 Å². The molecule has 202 valence electrons. The van der Waals surface area contributed by atoms with Crippen LogP contribution in [-0.2, 0) is 6.61 Å². The van der Waals surface area contributed by atoms with Gasteiger partial charge in [-0.15, -0.1) is 0 Å². The van der Waals surface area contributed by atoms with E-state index in [2.05, 4.69) is 20.6 Å². The van der Waals surface area contributed by atoms with Crippen molar-refractivity contribution in [1.29, 1.82) is 0 Å². The monoisotopic (exact) mass is 534 g/mol. The van der Waals surface area contributed by atoms with Crippen LogP contribution in [0.25, 0.3) is 16.8 Å². The zero-order valence-corrected chi connectivity index (χ0v) is 22.2. The number of hydrogen-bond donors (Lipinski definition) is 2. The lowest BCUT2D eigenvalue weighted by atomic mass is 10.1. The molecule has 0 atom stereocenters. The maximum absolute atomic E-state index is 13.3. The van der Waals surface area contributed by atoms with Gasteiger partial charge in [0.25, 0.3) is 5.91 Å². The number of nitrogens with one attached hydrogen (secondary N) is 2. The molecule has 0 unspecified atom stereocenters. The Balaban J connectivity index is 1.25. The van der Waals surface area contributed by atoms with Gasteiger partial charge in [-0.25, -0.2) is 9.50 Å². The van der Waals surface area contributed by atoms with E-state index in [4.69, 9.17) is 14.5 Å². The summed E-state index contributed by atoms with van der Waals surface area (Å²) >= 11 is 0. The van der Waals surface area contributed by atoms with Crippen LogP contribution in [0.4, 0.5) is 11.4 Å². The molecule has 5 aromatic rings. The number of fused-ring (bicyclic) bond motifs is 1. The van der Waals surface area contributed by atoms with Crippen LogP contribution in [0, 0.1) is 0 Å². The molecular formula is C31H30N6O3. The standard InChI is InChI=1S/C31H30N6O3/c1-39-29-19-23(11-12-28(29)40-21-22-7-3-2-4-8-22)24-20-33-37-16-13-26(34-30(24)37)31(38)35-25-9-5-6-10-27(25)36-17-14-32-15-18-36/h2-13,16,19-20,32H,14-15,17-18,21H2,1H3,(H,35,38). The Morgan fingerprint density at radius 2 is 1.77 bits per heavy atom. The normalized spacial score (nSPS) is 13.3. The van der Waals surface area contributed by atoms with E-state index in [0.717, 1.165) is 54.2 Å². The van der Waals surface area contributed by atoms with Crippen LogP contribution in [0.15, 0.2) is 91.3 Å². The van der Waals surface area contributed by atoms with Crippen molar-refractivity contribution in [3.05, 3.63) is 103 Å². The summed E-state index contributed by atoms with van der Waals surface area (Å²) in [5, 5.41) is 10.9. The van der Waals surface area contributed by atoms with Crippen LogP contribution in [0.2, 0.25) is 0 Å². The topological polar surface area (TPSA) is 93.0 Å². The molecule has 9 heteroatoms. The number of aromatic nitrogens is 3. The third-order valence-corrected chi connectivity index (χ3v) is 6.92. The first-order chi connectivity index (χ1) is 19.7. The van der Waals surface area contributed by atoms with Crippen molar-refractivity contribution in [2.45, 2.75) is 6.61 Å². The lowest BCUT2D eigenvalue weighted by molar-refractivity contribution is 0.102. The summed E-state index contributed by atoms with van der Waals surface area (Å²) in [6.07, 6.45) is 3.49. The van der Waals surface area contributed by atoms with Crippen molar-refractivity contribution in [2.75, 3.05) is 43.5 Å². The van der Waals surface area contributed by atoms with Gasteiger partial charge in [0.2, 0.25) is 0 Å². The lowest BCUT2D eigenvalue weighted by Crippen LogP contribution is -2.43. The number of methoxy groups -OCH3 is 1. The van der Waals surface area contributed by atoms with E-state index in [1.165, 1.54) is 0 Å². The van der Waals surface area contributed by atoms with Gasteiger partial charge in [0.1, 0.15) is 12.3 Å². The average Bonchev–Trinajstić information content (AvgIpc) is 3.44. The van der Waals surface area contributed by atoms with E-state index < -0.39 is 0 Å². The number of ether oxygens (including phenoxy) is 2. The SMILES string of the molecule is COc1cc(-c2cnn3ccc(C(=O)Nc4ccccc4N4CCNCC4)nc23)ccc1OCc1ccccc1. The lowest BCUT2D eigenvalue weighted by Gasteiger charge is -2.31. The first-order valence-corrected chi connectivity index (χ1v) is 13.2. The van der Waals surface area contributed by atoms with Crippen LogP contribution in [0.3, 0.4) is 0 Å². The smallest absolute Gasteiger partial charge is 0.274 e. The molecule has 3 heterocycles. The fourth-order valence-electron chi connectivity index (χ4n) is 4.84. The third-order valence-electron chi connectivity index (χ3n) is 6.92. The van der Waals surface area contributed by atoms with Gasteiger partial charge in [-0.1, -0.05) is 48.5 Å². The van der Waals surface area contributed by atoms with Crippen molar-refractivity contribution in [2.24, 2.45) is 0 Å². The van der Waals surface area contributed by atoms with Gasteiger partial charge in [-0.05, 0) is 41.5 Å². The minimum absolute atomic E-state index is 0.278. The molecule has 6 rings (SSSR count). The molecule has 3 aromatic carbocycles. The number of amides is 1. The van der Waals surface area contributed by atoms with E-state index in [-0.39, 0.29) is 5.91 Å². The number of nitrogens with zero attached hydrogens (tertiary/aromatic N) is 4. The van der Waals surface area contributed by atoms with E-state index in [0.29, 0.717) is 29.4 Å². The molecule has 40 heavy (non-hydrogen) atoms. The van der Waals surface area contributed by atoms with Crippen LogP contribution in [0.1, 0.15) is 16.1 Å². The zero-order chi connectivity index (χ0) is 27.3. The molecule has 1 amide bonds. The van der Waals surface area contributed by atoms with Gasteiger partial charge >= 0.3 is 0 Å². The molecule has 2 aromatic heterocycles. The molecule has 1 aliphatic rings. The zero-order valence-electron chi connectivity index (χ0n) is 22.2. The minimum Gasteiger partial charge on any atom is -0.493 e. The Bertz CT molecular complexity index is 1630. The highest BCUT2D eigenvalue weighted by molar-refractivity contribution is 6.05. The summed E-state index contributed by atoms with van der Waals surface area (Å²) < 4.78 is 13.3. The number of para-hydroxylation sites is 2. The van der Waals surface area contributed by atoms with Gasteiger partial charge < -0.3 is 25.0 Å². The highest BCUT2D eigenvalue weighted by Crippen LogP contribution is 2.34. The van der Waals surface area contributed by atoms with Crippen LogP contribution < -0.4 is 25.0 Å². The number of hydrogen-bond acceptors (Lipinski definition) is 7. The van der Waals surface area contributed by atoms with Crippen molar-refractivity contribution >= 4 is 22.9 Å². The quantitative estimate of drug-likeness (QED) is 0.300. The van der Waals surface area contributed by atoms with E-state index >= 15 is 0 Å². The van der Waals surface area contributed by atoms with Gasteiger partial charge in [-0.3, -0.25) is 4.79 Å². The van der Waals surface area contributed by atoms with Gasteiger partial charge in [0.05, 0.1) is 24.7 Å². The molecule has 0 aliphatic carbocycles. The first kappa shape index (κ1) is 25.4. The Kier molecular flexibility index (Phi) is 7.28. The predicted octanol–water partition coefficient (Wildman–Crippen LogP) is 4.65. The fraction of sp³-hybridized carbons (Fsp3) is 0.194. The van der Waals surface area contributed by atoms with E-state index in [9.17, 15) is 4.79 Å². The molecule has 0 bridgehead atoms. The van der Waals surface area contributed by atoms with E-state index in [1.807, 2.05) is 72.8 Å².